The molecule has 1 fully saturated rings. The number of nitrogens with one attached hydrogen (secondary N) is 1. The summed E-state index contributed by atoms with van der Waals surface area (Å²) in [6, 6.07) is 14.8. The molecule has 0 aliphatic carbocycles. The second-order valence-electron chi connectivity index (χ2n) is 7.73. The summed E-state index contributed by atoms with van der Waals surface area (Å²) >= 11 is 0. The molecule has 0 radical (unpaired) electrons. The van der Waals surface area contributed by atoms with Gasteiger partial charge in [-0.1, -0.05) is 56.7 Å². The van der Waals surface area contributed by atoms with Crippen LogP contribution in [-0.4, -0.2) is 42.6 Å². The smallest absolute Gasteiger partial charge is 0.261 e. The molecule has 1 N–H and O–H groups in total. The third-order valence-corrected chi connectivity index (χ3v) is 5.82. The van der Waals surface area contributed by atoms with Crippen molar-refractivity contribution in [3.63, 3.8) is 0 Å². The molecule has 0 aromatic heterocycles. The van der Waals surface area contributed by atoms with Gasteiger partial charge < -0.3 is 15.0 Å². The van der Waals surface area contributed by atoms with Crippen LogP contribution in [0.3, 0.4) is 0 Å². The highest BCUT2D eigenvalue weighted by molar-refractivity contribution is 5.89. The van der Waals surface area contributed by atoms with Gasteiger partial charge in [0.2, 0.25) is 0 Å². The lowest BCUT2D eigenvalue weighted by atomic mass is 10.00. The third-order valence-electron chi connectivity index (χ3n) is 5.82. The highest BCUT2D eigenvalue weighted by Gasteiger charge is 2.21. The average Bonchev–Trinajstić information content (AvgIpc) is 2.75. The molecule has 0 unspecified atom stereocenters. The van der Waals surface area contributed by atoms with E-state index in [1.165, 1.54) is 32.2 Å². The summed E-state index contributed by atoms with van der Waals surface area (Å²) in [4.78, 5) is 15.2. The van der Waals surface area contributed by atoms with E-state index in [0.717, 1.165) is 35.5 Å². The number of piperidine rings is 1. The first-order valence-corrected chi connectivity index (χ1v) is 10.9. The van der Waals surface area contributed by atoms with Crippen LogP contribution in [0.15, 0.2) is 42.5 Å². The summed E-state index contributed by atoms with van der Waals surface area (Å²) in [5.74, 6) is 0.764. The SMILES string of the molecule is CC[C@@H]1CCCCN1CCCNC(=O)[C@H](CC)Oc1cccc2ccccc12. The number of likely N-dealkylation sites (tertiary alicyclic amines) is 1. The molecule has 2 aromatic carbocycles. The van der Waals surface area contributed by atoms with Crippen molar-refractivity contribution in [1.82, 2.24) is 10.2 Å². The first kappa shape index (κ1) is 20.7. The van der Waals surface area contributed by atoms with Crippen LogP contribution in [0.25, 0.3) is 10.8 Å². The molecule has 0 spiro atoms. The van der Waals surface area contributed by atoms with Gasteiger partial charge in [0.1, 0.15) is 5.75 Å². The minimum atomic E-state index is -0.454. The van der Waals surface area contributed by atoms with Crippen LogP contribution >= 0.6 is 0 Å². The van der Waals surface area contributed by atoms with Crippen molar-refractivity contribution in [2.24, 2.45) is 0 Å². The van der Waals surface area contributed by atoms with Gasteiger partial charge in [0.05, 0.1) is 0 Å². The summed E-state index contributed by atoms with van der Waals surface area (Å²) in [5, 5.41) is 5.26. The van der Waals surface area contributed by atoms with Gasteiger partial charge in [0, 0.05) is 24.5 Å². The average molecular weight is 383 g/mol. The maximum absolute atomic E-state index is 12.6. The van der Waals surface area contributed by atoms with Crippen LogP contribution in [0.2, 0.25) is 0 Å². The summed E-state index contributed by atoms with van der Waals surface area (Å²) < 4.78 is 6.10. The molecule has 1 saturated heterocycles. The molecule has 1 heterocycles. The van der Waals surface area contributed by atoms with E-state index >= 15 is 0 Å². The lowest BCUT2D eigenvalue weighted by Gasteiger charge is -2.35. The van der Waals surface area contributed by atoms with Crippen molar-refractivity contribution in [3.8, 4) is 5.75 Å². The maximum Gasteiger partial charge on any atom is 0.261 e. The number of carbonyl (C=O) groups is 1. The maximum atomic E-state index is 12.6. The Labute approximate surface area is 169 Å². The number of hydrogen-bond acceptors (Lipinski definition) is 3. The number of hydrogen-bond donors (Lipinski definition) is 1. The fraction of sp³-hybridized carbons (Fsp3) is 0.542. The molecule has 1 amide bonds. The van der Waals surface area contributed by atoms with E-state index in [1.807, 2.05) is 37.3 Å². The van der Waals surface area contributed by atoms with E-state index in [9.17, 15) is 4.79 Å². The molecular weight excluding hydrogens is 348 g/mol. The molecule has 4 heteroatoms. The number of benzene rings is 2. The molecule has 1 aliphatic heterocycles. The Kier molecular flexibility index (Phi) is 7.72. The standard InChI is InChI=1S/C24H34N2O2/c1-3-20-13-7-8-17-26(20)18-10-16-25-24(27)22(4-2)28-23-15-9-12-19-11-5-6-14-21(19)23/h5-6,9,11-12,14-15,20,22H,3-4,7-8,10,13,16-18H2,1-2H3,(H,25,27)/t20-,22+/m1/s1. The lowest BCUT2D eigenvalue weighted by Crippen LogP contribution is -2.42. The zero-order chi connectivity index (χ0) is 19.8. The molecular formula is C24H34N2O2. The highest BCUT2D eigenvalue weighted by Crippen LogP contribution is 2.26. The Bertz CT molecular complexity index is 756. The van der Waals surface area contributed by atoms with E-state index in [0.29, 0.717) is 13.0 Å². The second kappa shape index (κ2) is 10.5. The quantitative estimate of drug-likeness (QED) is 0.635. The van der Waals surface area contributed by atoms with Crippen LogP contribution < -0.4 is 10.1 Å². The van der Waals surface area contributed by atoms with Crippen molar-refractivity contribution in [1.29, 1.82) is 0 Å². The second-order valence-corrected chi connectivity index (χ2v) is 7.73. The van der Waals surface area contributed by atoms with Gasteiger partial charge >= 0.3 is 0 Å². The van der Waals surface area contributed by atoms with Crippen molar-refractivity contribution in [3.05, 3.63) is 42.5 Å². The Morgan fingerprint density at radius 2 is 2.00 bits per heavy atom. The summed E-state index contributed by atoms with van der Waals surface area (Å²) in [5.41, 5.74) is 0. The Balaban J connectivity index is 1.49. The number of amides is 1. The van der Waals surface area contributed by atoms with Gasteiger partial charge in [-0.15, -0.1) is 0 Å². The number of carbonyl (C=O) groups excluding carboxylic acids is 1. The first-order chi connectivity index (χ1) is 13.7. The summed E-state index contributed by atoms with van der Waals surface area (Å²) in [6.07, 6.45) is 6.40. The van der Waals surface area contributed by atoms with Crippen molar-refractivity contribution >= 4 is 16.7 Å². The minimum absolute atomic E-state index is 0.0129. The zero-order valence-electron chi connectivity index (χ0n) is 17.3. The van der Waals surface area contributed by atoms with Gasteiger partial charge in [0.15, 0.2) is 6.10 Å². The normalized spacial score (nSPS) is 18.7. The van der Waals surface area contributed by atoms with E-state index in [1.54, 1.807) is 0 Å². The van der Waals surface area contributed by atoms with Crippen molar-refractivity contribution < 1.29 is 9.53 Å². The van der Waals surface area contributed by atoms with E-state index in [4.69, 9.17) is 4.74 Å². The Morgan fingerprint density at radius 3 is 2.82 bits per heavy atom. The predicted octanol–water partition coefficient (Wildman–Crippen LogP) is 4.77. The van der Waals surface area contributed by atoms with Crippen LogP contribution in [0, 0.1) is 0 Å². The molecule has 28 heavy (non-hydrogen) atoms. The summed E-state index contributed by atoms with van der Waals surface area (Å²) in [6.45, 7) is 7.26. The van der Waals surface area contributed by atoms with E-state index in [-0.39, 0.29) is 5.91 Å². The first-order valence-electron chi connectivity index (χ1n) is 10.9. The molecule has 2 atom stereocenters. The molecule has 0 bridgehead atoms. The zero-order valence-corrected chi connectivity index (χ0v) is 17.3. The van der Waals surface area contributed by atoms with E-state index < -0.39 is 6.10 Å². The van der Waals surface area contributed by atoms with Crippen LogP contribution in [0.4, 0.5) is 0 Å². The molecule has 0 saturated carbocycles. The molecule has 1 aliphatic rings. The number of ether oxygens (including phenoxy) is 1. The topological polar surface area (TPSA) is 41.6 Å². The number of nitrogens with zero attached hydrogens (tertiary/aromatic N) is 1. The number of fused-ring (bicyclic) bond motifs is 1. The Hall–Kier alpha value is -2.07. The highest BCUT2D eigenvalue weighted by atomic mass is 16.5. The van der Waals surface area contributed by atoms with E-state index in [2.05, 4.69) is 29.3 Å². The van der Waals surface area contributed by atoms with Gasteiger partial charge in [-0.05, 0) is 50.1 Å². The lowest BCUT2D eigenvalue weighted by molar-refractivity contribution is -0.128. The van der Waals surface area contributed by atoms with Crippen molar-refractivity contribution in [2.75, 3.05) is 19.6 Å². The van der Waals surface area contributed by atoms with Crippen LogP contribution in [0.5, 0.6) is 5.75 Å². The van der Waals surface area contributed by atoms with Crippen molar-refractivity contribution in [2.45, 2.75) is 64.5 Å². The van der Waals surface area contributed by atoms with Crippen LogP contribution in [0.1, 0.15) is 52.4 Å². The van der Waals surface area contributed by atoms with Gasteiger partial charge in [-0.2, -0.15) is 0 Å². The molecule has 4 nitrogen and oxygen atoms in total. The van der Waals surface area contributed by atoms with Gasteiger partial charge in [0.25, 0.3) is 5.91 Å². The predicted molar refractivity (Wildman–Crippen MR) is 116 cm³/mol. The fourth-order valence-corrected chi connectivity index (χ4v) is 4.20. The molecule has 2 aromatic rings. The largest absolute Gasteiger partial charge is 0.480 e. The summed E-state index contributed by atoms with van der Waals surface area (Å²) in [7, 11) is 0. The number of rotatable bonds is 9. The monoisotopic (exact) mass is 382 g/mol. The minimum Gasteiger partial charge on any atom is -0.480 e. The fourth-order valence-electron chi connectivity index (χ4n) is 4.20. The van der Waals surface area contributed by atoms with Crippen LogP contribution in [-0.2, 0) is 4.79 Å². The Morgan fingerprint density at radius 1 is 1.18 bits per heavy atom. The molecule has 3 rings (SSSR count). The van der Waals surface area contributed by atoms with Gasteiger partial charge in [-0.25, -0.2) is 0 Å². The molecule has 152 valence electrons. The van der Waals surface area contributed by atoms with Gasteiger partial charge in [-0.3, -0.25) is 4.79 Å². The third kappa shape index (κ3) is 5.26.